The molecule has 1 saturated carbocycles. The molecule has 0 unspecified atom stereocenters. The second kappa shape index (κ2) is 6.11. The third kappa shape index (κ3) is 3.12. The van der Waals surface area contributed by atoms with Crippen LogP contribution in [0.5, 0.6) is 0 Å². The number of aliphatic carboxylic acids is 1. The fourth-order valence-corrected chi connectivity index (χ4v) is 2.97. The smallest absolute Gasteiger partial charge is 0.306 e. The van der Waals surface area contributed by atoms with Crippen LogP contribution in [0.25, 0.3) is 5.69 Å². The maximum absolute atomic E-state index is 12.3. The van der Waals surface area contributed by atoms with Gasteiger partial charge in [0, 0.05) is 10.5 Å². The second-order valence-electron chi connectivity index (χ2n) is 5.59. The molecule has 3 rings (SSSR count). The van der Waals surface area contributed by atoms with E-state index < -0.39 is 5.97 Å². The van der Waals surface area contributed by atoms with E-state index in [1.54, 1.807) is 11.6 Å². The minimum absolute atomic E-state index is 0.112. The van der Waals surface area contributed by atoms with Gasteiger partial charge >= 0.3 is 5.97 Å². The van der Waals surface area contributed by atoms with Crippen LogP contribution in [0.4, 0.5) is 0 Å². The van der Waals surface area contributed by atoms with E-state index >= 15 is 0 Å². The highest BCUT2D eigenvalue weighted by Crippen LogP contribution is 2.27. The minimum atomic E-state index is -0.813. The van der Waals surface area contributed by atoms with Crippen molar-refractivity contribution >= 4 is 27.8 Å². The number of amides is 1. The number of hydrogen-bond donors (Lipinski definition) is 2. The molecule has 0 saturated heterocycles. The molecular formula is C15H15BrN4O3. The molecule has 2 N–H and O–H groups in total. The number of nitrogens with one attached hydrogen (secondary N) is 1. The molecule has 0 spiro atoms. The van der Waals surface area contributed by atoms with E-state index in [2.05, 4.69) is 31.6 Å². The molecule has 1 aliphatic rings. The predicted octanol–water partition coefficient (Wildman–Crippen LogP) is 1.93. The number of nitrogens with zero attached hydrogens (tertiary/aromatic N) is 3. The van der Waals surface area contributed by atoms with Crippen LogP contribution >= 0.6 is 15.9 Å². The third-order valence-corrected chi connectivity index (χ3v) is 4.48. The molecule has 1 amide bonds. The lowest BCUT2D eigenvalue weighted by molar-refractivity contribution is -0.145. The fourth-order valence-electron chi connectivity index (χ4n) is 2.58. The lowest BCUT2D eigenvalue weighted by Crippen LogP contribution is -2.46. The fraction of sp³-hybridized carbons (Fsp3) is 0.333. The van der Waals surface area contributed by atoms with E-state index in [0.29, 0.717) is 18.5 Å². The normalized spacial score (nSPS) is 19.9. The standard InChI is InChI=1S/C15H15BrN4O3/c1-8-13(14(21)17-11-5-9(6-11)15(22)23)18-19-20(8)12-4-2-3-10(16)7-12/h2-4,7,9,11H,5-6H2,1H3,(H,17,21)(H,22,23). The molecule has 8 heteroatoms. The van der Waals surface area contributed by atoms with Gasteiger partial charge in [-0.05, 0) is 38.0 Å². The van der Waals surface area contributed by atoms with Crippen LogP contribution in [-0.2, 0) is 4.79 Å². The van der Waals surface area contributed by atoms with E-state index in [0.717, 1.165) is 10.2 Å². The first-order valence-electron chi connectivity index (χ1n) is 7.17. The zero-order valence-corrected chi connectivity index (χ0v) is 13.9. The van der Waals surface area contributed by atoms with Gasteiger partial charge in [0.2, 0.25) is 0 Å². The molecule has 1 heterocycles. The van der Waals surface area contributed by atoms with E-state index in [1.165, 1.54) is 0 Å². The SMILES string of the molecule is Cc1c(C(=O)NC2CC(C(=O)O)C2)nnn1-c1cccc(Br)c1. The van der Waals surface area contributed by atoms with Crippen molar-refractivity contribution in [3.05, 3.63) is 40.1 Å². The Morgan fingerprint density at radius 1 is 1.39 bits per heavy atom. The van der Waals surface area contributed by atoms with Crippen molar-refractivity contribution in [1.29, 1.82) is 0 Å². The molecule has 2 aromatic rings. The van der Waals surface area contributed by atoms with Crippen molar-refractivity contribution in [3.63, 3.8) is 0 Å². The van der Waals surface area contributed by atoms with Gasteiger partial charge in [0.15, 0.2) is 5.69 Å². The van der Waals surface area contributed by atoms with Crippen molar-refractivity contribution in [2.24, 2.45) is 5.92 Å². The van der Waals surface area contributed by atoms with Gasteiger partial charge in [0.25, 0.3) is 5.91 Å². The van der Waals surface area contributed by atoms with Gasteiger partial charge in [-0.3, -0.25) is 9.59 Å². The lowest BCUT2D eigenvalue weighted by atomic mass is 9.80. The largest absolute Gasteiger partial charge is 0.481 e. The van der Waals surface area contributed by atoms with Gasteiger partial charge < -0.3 is 10.4 Å². The van der Waals surface area contributed by atoms with E-state index in [-0.39, 0.29) is 23.6 Å². The number of carboxylic acids is 1. The van der Waals surface area contributed by atoms with Crippen LogP contribution in [0.3, 0.4) is 0 Å². The van der Waals surface area contributed by atoms with Crippen LogP contribution in [0.1, 0.15) is 29.0 Å². The van der Waals surface area contributed by atoms with E-state index in [4.69, 9.17) is 5.11 Å². The topological polar surface area (TPSA) is 97.1 Å². The van der Waals surface area contributed by atoms with Crippen LogP contribution in [0.2, 0.25) is 0 Å². The molecule has 0 aliphatic heterocycles. The molecule has 0 bridgehead atoms. The monoisotopic (exact) mass is 378 g/mol. The highest BCUT2D eigenvalue weighted by atomic mass is 79.9. The van der Waals surface area contributed by atoms with Crippen molar-refractivity contribution in [1.82, 2.24) is 20.3 Å². The highest BCUT2D eigenvalue weighted by Gasteiger charge is 2.36. The summed E-state index contributed by atoms with van der Waals surface area (Å²) in [7, 11) is 0. The average Bonchev–Trinajstić information content (AvgIpc) is 2.83. The molecule has 120 valence electrons. The van der Waals surface area contributed by atoms with Gasteiger partial charge in [-0.15, -0.1) is 5.10 Å². The predicted molar refractivity (Wildman–Crippen MR) is 85.4 cm³/mol. The van der Waals surface area contributed by atoms with Crippen molar-refractivity contribution < 1.29 is 14.7 Å². The summed E-state index contributed by atoms with van der Waals surface area (Å²) >= 11 is 3.40. The minimum Gasteiger partial charge on any atom is -0.481 e. The quantitative estimate of drug-likeness (QED) is 0.846. The zero-order valence-electron chi connectivity index (χ0n) is 12.4. The van der Waals surface area contributed by atoms with Crippen LogP contribution in [0, 0.1) is 12.8 Å². The highest BCUT2D eigenvalue weighted by molar-refractivity contribution is 9.10. The number of rotatable bonds is 4. The van der Waals surface area contributed by atoms with Gasteiger partial charge in [-0.1, -0.05) is 27.2 Å². The third-order valence-electron chi connectivity index (χ3n) is 3.98. The number of aromatic nitrogens is 3. The van der Waals surface area contributed by atoms with Crippen LogP contribution in [0.15, 0.2) is 28.7 Å². The van der Waals surface area contributed by atoms with Gasteiger partial charge in [0.1, 0.15) is 0 Å². The number of hydrogen-bond acceptors (Lipinski definition) is 4. The van der Waals surface area contributed by atoms with E-state index in [1.807, 2.05) is 24.3 Å². The molecule has 23 heavy (non-hydrogen) atoms. The Bertz CT molecular complexity index is 768. The Morgan fingerprint density at radius 3 is 2.78 bits per heavy atom. The molecular weight excluding hydrogens is 364 g/mol. The van der Waals surface area contributed by atoms with Gasteiger partial charge in [-0.25, -0.2) is 4.68 Å². The van der Waals surface area contributed by atoms with Crippen molar-refractivity contribution in [2.45, 2.75) is 25.8 Å². The van der Waals surface area contributed by atoms with Crippen molar-refractivity contribution in [3.8, 4) is 5.69 Å². The molecule has 1 aromatic heterocycles. The van der Waals surface area contributed by atoms with Gasteiger partial charge in [0.05, 0.1) is 17.3 Å². The average molecular weight is 379 g/mol. The van der Waals surface area contributed by atoms with E-state index in [9.17, 15) is 9.59 Å². The van der Waals surface area contributed by atoms with Crippen LogP contribution in [-0.4, -0.2) is 38.0 Å². The summed E-state index contributed by atoms with van der Waals surface area (Å²) < 4.78 is 2.51. The Morgan fingerprint density at radius 2 is 2.13 bits per heavy atom. The van der Waals surface area contributed by atoms with Crippen molar-refractivity contribution in [2.75, 3.05) is 0 Å². The number of halogens is 1. The summed E-state index contributed by atoms with van der Waals surface area (Å²) in [5, 5.41) is 19.7. The maximum atomic E-state index is 12.3. The number of carbonyl (C=O) groups is 2. The summed E-state index contributed by atoms with van der Waals surface area (Å²) in [6.07, 6.45) is 0.916. The zero-order chi connectivity index (χ0) is 16.6. The summed E-state index contributed by atoms with van der Waals surface area (Å²) in [4.78, 5) is 23.1. The Kier molecular flexibility index (Phi) is 4.16. The summed E-state index contributed by atoms with van der Waals surface area (Å²) in [5.74, 6) is -1.50. The molecule has 7 nitrogen and oxygen atoms in total. The molecule has 1 aromatic carbocycles. The Balaban J connectivity index is 1.72. The summed E-state index contributed by atoms with van der Waals surface area (Å²) in [6.45, 7) is 1.77. The summed E-state index contributed by atoms with van der Waals surface area (Å²) in [6, 6.07) is 7.42. The Hall–Kier alpha value is -2.22. The number of benzene rings is 1. The molecule has 0 radical (unpaired) electrons. The first-order valence-corrected chi connectivity index (χ1v) is 7.97. The second-order valence-corrected chi connectivity index (χ2v) is 6.51. The number of carboxylic acid groups (broad SMARTS) is 1. The molecule has 1 fully saturated rings. The lowest BCUT2D eigenvalue weighted by Gasteiger charge is -2.32. The maximum Gasteiger partial charge on any atom is 0.306 e. The molecule has 1 aliphatic carbocycles. The Labute approximate surface area is 140 Å². The first-order chi connectivity index (χ1) is 11.0. The molecule has 0 atom stereocenters. The van der Waals surface area contributed by atoms with Crippen LogP contribution < -0.4 is 5.32 Å². The first kappa shape index (κ1) is 15.7. The summed E-state index contributed by atoms with van der Waals surface area (Å²) in [5.41, 5.74) is 1.69. The van der Waals surface area contributed by atoms with Gasteiger partial charge in [-0.2, -0.15) is 0 Å². The number of carbonyl (C=O) groups excluding carboxylic acids is 1.